The maximum atomic E-state index is 13.1. The summed E-state index contributed by atoms with van der Waals surface area (Å²) in [5.41, 5.74) is 1.92. The predicted molar refractivity (Wildman–Crippen MR) is 115 cm³/mol. The van der Waals surface area contributed by atoms with E-state index in [1.165, 1.54) is 11.1 Å². The van der Waals surface area contributed by atoms with Crippen LogP contribution >= 0.6 is 0 Å². The first-order valence-corrected chi connectivity index (χ1v) is 9.63. The third kappa shape index (κ3) is 4.81. The molecule has 154 valence electrons. The lowest BCUT2D eigenvalue weighted by Crippen LogP contribution is -2.39. The van der Waals surface area contributed by atoms with Crippen LogP contribution in [0.5, 0.6) is 0 Å². The molecular formula is C23H24N4O3. The molecule has 1 aromatic heterocycles. The number of benzene rings is 2. The average Bonchev–Trinajstić information content (AvgIpc) is 2.79. The van der Waals surface area contributed by atoms with Gasteiger partial charge in [0, 0.05) is 32.4 Å². The number of esters is 1. The molecule has 0 fully saturated rings. The standard InChI is InChI=1S/C23H24N4O3/c1-4-30-22(28)19-15-24-20(18-13-9-6-10-14-18)25-21(19)27(3)23(29)26(2)16-17-11-7-5-8-12-17/h5-15H,4,16H2,1-3H3. The van der Waals surface area contributed by atoms with Crippen molar-refractivity contribution in [2.75, 3.05) is 25.6 Å². The Bertz CT molecular complexity index is 1010. The highest BCUT2D eigenvalue weighted by Crippen LogP contribution is 2.23. The van der Waals surface area contributed by atoms with Gasteiger partial charge in [0.25, 0.3) is 0 Å². The zero-order valence-corrected chi connectivity index (χ0v) is 17.3. The lowest BCUT2D eigenvalue weighted by Gasteiger charge is -2.25. The number of amides is 2. The first-order chi connectivity index (χ1) is 14.5. The van der Waals surface area contributed by atoms with Gasteiger partial charge in [0.05, 0.1) is 6.61 Å². The van der Waals surface area contributed by atoms with Gasteiger partial charge in [-0.25, -0.2) is 19.6 Å². The van der Waals surface area contributed by atoms with E-state index in [1.807, 2.05) is 60.7 Å². The van der Waals surface area contributed by atoms with Crippen molar-refractivity contribution >= 4 is 17.8 Å². The van der Waals surface area contributed by atoms with E-state index in [-0.39, 0.29) is 24.0 Å². The van der Waals surface area contributed by atoms with Crippen LogP contribution in [0.25, 0.3) is 11.4 Å². The van der Waals surface area contributed by atoms with Gasteiger partial charge in [-0.15, -0.1) is 0 Å². The molecule has 0 N–H and O–H groups in total. The van der Waals surface area contributed by atoms with Gasteiger partial charge >= 0.3 is 12.0 Å². The highest BCUT2D eigenvalue weighted by Gasteiger charge is 2.25. The first-order valence-electron chi connectivity index (χ1n) is 9.63. The second-order valence-corrected chi connectivity index (χ2v) is 6.70. The van der Waals surface area contributed by atoms with Crippen molar-refractivity contribution in [3.63, 3.8) is 0 Å². The van der Waals surface area contributed by atoms with Crippen LogP contribution in [0.1, 0.15) is 22.8 Å². The largest absolute Gasteiger partial charge is 0.462 e. The minimum atomic E-state index is -0.572. The zero-order chi connectivity index (χ0) is 21.5. The SMILES string of the molecule is CCOC(=O)c1cnc(-c2ccccc2)nc1N(C)C(=O)N(C)Cc1ccccc1. The molecule has 0 aliphatic rings. The Balaban J connectivity index is 1.93. The highest BCUT2D eigenvalue weighted by molar-refractivity contribution is 6.00. The van der Waals surface area contributed by atoms with Crippen molar-refractivity contribution in [3.8, 4) is 11.4 Å². The first kappa shape index (κ1) is 21.0. The van der Waals surface area contributed by atoms with Crippen LogP contribution in [0, 0.1) is 0 Å². The fourth-order valence-corrected chi connectivity index (χ4v) is 2.98. The van der Waals surface area contributed by atoms with E-state index < -0.39 is 5.97 Å². The maximum Gasteiger partial charge on any atom is 0.343 e. The number of aromatic nitrogens is 2. The number of urea groups is 1. The van der Waals surface area contributed by atoms with E-state index in [9.17, 15) is 9.59 Å². The number of ether oxygens (including phenoxy) is 1. The van der Waals surface area contributed by atoms with E-state index in [1.54, 1.807) is 25.9 Å². The molecule has 0 bridgehead atoms. The topological polar surface area (TPSA) is 75.6 Å². The van der Waals surface area contributed by atoms with Crippen molar-refractivity contribution in [1.29, 1.82) is 0 Å². The van der Waals surface area contributed by atoms with Crippen LogP contribution < -0.4 is 4.90 Å². The summed E-state index contributed by atoms with van der Waals surface area (Å²) in [5, 5.41) is 0. The molecule has 0 atom stereocenters. The molecule has 0 aliphatic carbocycles. The fraction of sp³-hybridized carbons (Fsp3) is 0.217. The Morgan fingerprint density at radius 1 is 0.967 bits per heavy atom. The summed E-state index contributed by atoms with van der Waals surface area (Å²) >= 11 is 0. The molecule has 0 unspecified atom stereocenters. The summed E-state index contributed by atoms with van der Waals surface area (Å²) in [4.78, 5) is 37.3. The van der Waals surface area contributed by atoms with Crippen LogP contribution in [0.15, 0.2) is 66.9 Å². The molecule has 0 radical (unpaired) electrons. The van der Waals surface area contributed by atoms with Crippen molar-refractivity contribution < 1.29 is 14.3 Å². The predicted octanol–water partition coefficient (Wildman–Crippen LogP) is 4.01. The molecule has 30 heavy (non-hydrogen) atoms. The molecule has 7 heteroatoms. The summed E-state index contributed by atoms with van der Waals surface area (Å²) in [5.74, 6) is 0.0497. The summed E-state index contributed by atoms with van der Waals surface area (Å²) in [6.07, 6.45) is 1.41. The molecule has 0 spiro atoms. The molecule has 1 heterocycles. The Morgan fingerprint density at radius 3 is 2.23 bits per heavy atom. The lowest BCUT2D eigenvalue weighted by molar-refractivity contribution is 0.0526. The van der Waals surface area contributed by atoms with E-state index >= 15 is 0 Å². The van der Waals surface area contributed by atoms with E-state index in [2.05, 4.69) is 9.97 Å². The zero-order valence-electron chi connectivity index (χ0n) is 17.3. The van der Waals surface area contributed by atoms with Crippen LogP contribution in [-0.4, -0.2) is 47.6 Å². The second kappa shape index (κ2) is 9.65. The summed E-state index contributed by atoms with van der Waals surface area (Å²) in [6, 6.07) is 18.7. The lowest BCUT2D eigenvalue weighted by atomic mass is 10.2. The van der Waals surface area contributed by atoms with Crippen molar-refractivity contribution in [2.24, 2.45) is 0 Å². The van der Waals surface area contributed by atoms with Gasteiger partial charge in [0.1, 0.15) is 5.56 Å². The molecule has 2 aromatic carbocycles. The maximum absolute atomic E-state index is 13.1. The monoisotopic (exact) mass is 404 g/mol. The average molecular weight is 404 g/mol. The minimum absolute atomic E-state index is 0.139. The van der Waals surface area contributed by atoms with E-state index in [4.69, 9.17) is 4.74 Å². The smallest absolute Gasteiger partial charge is 0.343 e. The molecule has 2 amide bonds. The van der Waals surface area contributed by atoms with Gasteiger partial charge in [-0.1, -0.05) is 60.7 Å². The molecule has 3 rings (SSSR count). The summed E-state index contributed by atoms with van der Waals surface area (Å²) in [6.45, 7) is 2.36. The Hall–Kier alpha value is -3.74. The Kier molecular flexibility index (Phi) is 6.75. The number of rotatable bonds is 6. The second-order valence-electron chi connectivity index (χ2n) is 6.70. The van der Waals surface area contributed by atoms with Gasteiger partial charge in [0.15, 0.2) is 11.6 Å². The molecule has 0 saturated heterocycles. The fourth-order valence-electron chi connectivity index (χ4n) is 2.98. The summed E-state index contributed by atoms with van der Waals surface area (Å²) < 4.78 is 5.13. The molecule has 0 saturated carbocycles. The van der Waals surface area contributed by atoms with Crippen LogP contribution in [-0.2, 0) is 11.3 Å². The highest BCUT2D eigenvalue weighted by atomic mass is 16.5. The Morgan fingerprint density at radius 2 is 1.60 bits per heavy atom. The number of carbonyl (C=O) groups excluding carboxylic acids is 2. The molecule has 7 nitrogen and oxygen atoms in total. The van der Waals surface area contributed by atoms with Crippen molar-refractivity contribution in [1.82, 2.24) is 14.9 Å². The third-order valence-corrected chi connectivity index (χ3v) is 4.49. The third-order valence-electron chi connectivity index (χ3n) is 4.49. The van der Waals surface area contributed by atoms with Crippen LogP contribution in [0.2, 0.25) is 0 Å². The van der Waals surface area contributed by atoms with E-state index in [0.29, 0.717) is 12.4 Å². The number of carbonyl (C=O) groups is 2. The van der Waals surface area contributed by atoms with Gasteiger partial charge in [-0.05, 0) is 12.5 Å². The van der Waals surface area contributed by atoms with Crippen LogP contribution in [0.4, 0.5) is 10.6 Å². The van der Waals surface area contributed by atoms with Crippen LogP contribution in [0.3, 0.4) is 0 Å². The van der Waals surface area contributed by atoms with Gasteiger partial charge in [0.2, 0.25) is 0 Å². The quantitative estimate of drug-likeness (QED) is 0.580. The summed E-state index contributed by atoms with van der Waals surface area (Å²) in [7, 11) is 3.29. The van der Waals surface area contributed by atoms with E-state index in [0.717, 1.165) is 11.1 Å². The van der Waals surface area contributed by atoms with Gasteiger partial charge < -0.3 is 9.64 Å². The molecule has 0 aliphatic heterocycles. The number of hydrogen-bond donors (Lipinski definition) is 0. The van der Waals surface area contributed by atoms with Gasteiger partial charge in [-0.2, -0.15) is 0 Å². The molecule has 3 aromatic rings. The number of nitrogens with zero attached hydrogens (tertiary/aromatic N) is 4. The minimum Gasteiger partial charge on any atom is -0.462 e. The molecular weight excluding hydrogens is 380 g/mol. The Labute approximate surface area is 175 Å². The van der Waals surface area contributed by atoms with Gasteiger partial charge in [-0.3, -0.25) is 4.90 Å². The number of hydrogen-bond acceptors (Lipinski definition) is 5. The normalized spacial score (nSPS) is 10.4. The van der Waals surface area contributed by atoms with Crippen molar-refractivity contribution in [2.45, 2.75) is 13.5 Å². The number of anilines is 1. The van der Waals surface area contributed by atoms with Crippen molar-refractivity contribution in [3.05, 3.63) is 78.0 Å².